The number of carbonyl (C=O) groups is 3. The minimum absolute atomic E-state index is 0.0342. The number of aromatic nitrogens is 2. The molecule has 0 spiro atoms. The molecule has 2 aliphatic carbocycles. The minimum Gasteiger partial charge on any atom is -0.497 e. The third-order valence-electron chi connectivity index (χ3n) is 11.4. The van der Waals surface area contributed by atoms with Crippen LogP contribution in [-0.4, -0.2) is 70.1 Å². The summed E-state index contributed by atoms with van der Waals surface area (Å²) in [6.45, 7) is 7.15. The summed E-state index contributed by atoms with van der Waals surface area (Å²) in [6, 6.07) is 3.04. The second kappa shape index (κ2) is 13.0. The lowest BCUT2D eigenvalue weighted by Crippen LogP contribution is -2.59. The van der Waals surface area contributed by atoms with Crippen molar-refractivity contribution in [2.24, 2.45) is 17.3 Å². The zero-order chi connectivity index (χ0) is 34.4. The number of hydrogen-bond acceptors (Lipinski definition) is 8. The lowest BCUT2D eigenvalue weighted by atomic mass is 9.70. The van der Waals surface area contributed by atoms with Crippen LogP contribution in [0.3, 0.4) is 0 Å². The van der Waals surface area contributed by atoms with Crippen molar-refractivity contribution in [3.63, 3.8) is 0 Å². The van der Waals surface area contributed by atoms with E-state index >= 15 is 8.78 Å². The van der Waals surface area contributed by atoms with Gasteiger partial charge in [0.25, 0.3) is 5.92 Å². The number of halogens is 2. The van der Waals surface area contributed by atoms with E-state index in [9.17, 15) is 14.4 Å². The van der Waals surface area contributed by atoms with Gasteiger partial charge in [0.2, 0.25) is 11.8 Å². The van der Waals surface area contributed by atoms with Crippen molar-refractivity contribution in [1.82, 2.24) is 20.2 Å². The molecule has 6 rings (SSSR count). The summed E-state index contributed by atoms with van der Waals surface area (Å²) in [5.74, 6) is -4.28. The van der Waals surface area contributed by atoms with Gasteiger partial charge in [-0.1, -0.05) is 39.5 Å². The van der Waals surface area contributed by atoms with Crippen molar-refractivity contribution >= 4 is 28.8 Å². The van der Waals surface area contributed by atoms with E-state index in [1.54, 1.807) is 18.2 Å². The average Bonchev–Trinajstić information content (AvgIpc) is 3.52. The van der Waals surface area contributed by atoms with Gasteiger partial charge in [0, 0.05) is 24.3 Å². The summed E-state index contributed by atoms with van der Waals surface area (Å²) >= 11 is 0. The minimum atomic E-state index is -3.36. The first-order chi connectivity index (χ1) is 22.8. The molecule has 48 heavy (non-hydrogen) atoms. The molecule has 4 aliphatic rings. The second-order valence-corrected chi connectivity index (χ2v) is 14.9. The number of methoxy groups -OCH3 is 1. The number of Topliss-reactive ketones (excluding diaryl/α,β-unsaturated/α-hetero) is 1. The van der Waals surface area contributed by atoms with E-state index < -0.39 is 59.3 Å². The molecular formula is C36H48F2N4O6. The van der Waals surface area contributed by atoms with Crippen LogP contribution in [0.25, 0.3) is 11.0 Å². The molecule has 3 fully saturated rings. The van der Waals surface area contributed by atoms with E-state index in [1.165, 1.54) is 18.9 Å². The highest BCUT2D eigenvalue weighted by Gasteiger charge is 2.55. The first-order valence-corrected chi connectivity index (χ1v) is 17.5. The molecule has 1 aromatic carbocycles. The Morgan fingerprint density at radius 1 is 1.06 bits per heavy atom. The van der Waals surface area contributed by atoms with E-state index in [4.69, 9.17) is 14.2 Å². The zero-order valence-electron chi connectivity index (χ0n) is 28.7. The van der Waals surface area contributed by atoms with Gasteiger partial charge in [-0.2, -0.15) is 8.78 Å². The fourth-order valence-electron chi connectivity index (χ4n) is 8.37. The van der Waals surface area contributed by atoms with Crippen molar-refractivity contribution in [3.8, 4) is 11.6 Å². The number of ether oxygens (including phenoxy) is 3. The van der Waals surface area contributed by atoms with Crippen LogP contribution in [0.4, 0.5) is 13.6 Å². The summed E-state index contributed by atoms with van der Waals surface area (Å²) in [5.41, 5.74) is -1.23. The van der Waals surface area contributed by atoms with Crippen LogP contribution < -0.4 is 14.8 Å². The Morgan fingerprint density at radius 2 is 1.79 bits per heavy atom. The van der Waals surface area contributed by atoms with Crippen LogP contribution in [0.5, 0.6) is 11.6 Å². The number of alkyl carbamates (subject to hydrolysis) is 1. The summed E-state index contributed by atoms with van der Waals surface area (Å²) in [6.07, 6.45) is 4.82. The average molecular weight is 671 g/mol. The fourth-order valence-corrected chi connectivity index (χ4v) is 8.37. The van der Waals surface area contributed by atoms with Crippen LogP contribution in [0.2, 0.25) is 0 Å². The van der Waals surface area contributed by atoms with Crippen molar-refractivity contribution in [2.45, 2.75) is 128 Å². The molecule has 12 heteroatoms. The largest absolute Gasteiger partial charge is 0.497 e. The molecule has 1 aromatic heterocycles. The number of alkyl halides is 2. The molecule has 1 saturated heterocycles. The molecule has 0 unspecified atom stereocenters. The molecule has 2 bridgehead atoms. The molecule has 10 nitrogen and oxygen atoms in total. The van der Waals surface area contributed by atoms with Crippen LogP contribution in [0, 0.1) is 17.3 Å². The van der Waals surface area contributed by atoms with Crippen LogP contribution >= 0.6 is 0 Å². The van der Waals surface area contributed by atoms with Crippen LogP contribution in [0.15, 0.2) is 18.2 Å². The van der Waals surface area contributed by atoms with E-state index in [0.717, 1.165) is 32.1 Å². The Balaban J connectivity index is 1.44. The van der Waals surface area contributed by atoms with Gasteiger partial charge in [-0.15, -0.1) is 0 Å². The van der Waals surface area contributed by atoms with Crippen molar-refractivity contribution in [2.75, 3.05) is 13.7 Å². The van der Waals surface area contributed by atoms with Crippen LogP contribution in [0.1, 0.15) is 104 Å². The molecule has 262 valence electrons. The quantitative estimate of drug-likeness (QED) is 0.381. The van der Waals surface area contributed by atoms with Gasteiger partial charge in [-0.25, -0.2) is 14.8 Å². The number of fused-ring (bicyclic) bond motifs is 5. The van der Waals surface area contributed by atoms with E-state index in [2.05, 4.69) is 15.3 Å². The molecule has 2 saturated carbocycles. The number of ketones is 1. The maximum atomic E-state index is 16.1. The highest BCUT2D eigenvalue weighted by molar-refractivity contribution is 5.93. The molecule has 1 N–H and O–H groups in total. The molecule has 2 amide bonds. The fraction of sp³-hybridized carbons (Fsp3) is 0.694. The molecule has 2 aliphatic heterocycles. The monoisotopic (exact) mass is 670 g/mol. The van der Waals surface area contributed by atoms with Gasteiger partial charge in [0.15, 0.2) is 11.5 Å². The Kier molecular flexibility index (Phi) is 9.32. The van der Waals surface area contributed by atoms with Gasteiger partial charge in [0.05, 0.1) is 30.7 Å². The smallest absolute Gasteiger partial charge is 0.408 e. The summed E-state index contributed by atoms with van der Waals surface area (Å²) < 4.78 is 49.9. The standard InChI is InChI=1S/C36H48F2N4O6/c1-6-24-27-20-42(28(24)21(2)43)32(44)30(34(3)15-9-7-10-16-34)41-33(45)48-35(4)19-22(35)12-8-11-17-36(37,38)29-31(47-27)40-26-18-23(46-5)13-14-25(26)39-29/h13-14,18,22,24,27-28,30H,6-12,15-17,19-20H2,1-5H3,(H,41,45)/t22-,24-,27+,28-,30-,35-/m1/s1. The van der Waals surface area contributed by atoms with E-state index in [1.807, 2.05) is 20.8 Å². The van der Waals surface area contributed by atoms with Gasteiger partial charge in [-0.3, -0.25) is 9.59 Å². The zero-order valence-corrected chi connectivity index (χ0v) is 28.7. The Bertz CT molecular complexity index is 1560. The Hall–Kier alpha value is -3.57. The second-order valence-electron chi connectivity index (χ2n) is 14.9. The van der Waals surface area contributed by atoms with Gasteiger partial charge >= 0.3 is 6.09 Å². The number of nitrogens with one attached hydrogen (secondary N) is 1. The number of rotatable bonds is 4. The number of nitrogens with zero attached hydrogens (tertiary/aromatic N) is 3. The molecule has 6 atom stereocenters. The maximum Gasteiger partial charge on any atom is 0.408 e. The predicted octanol–water partition coefficient (Wildman–Crippen LogP) is 6.72. The highest BCUT2D eigenvalue weighted by atomic mass is 19.3. The van der Waals surface area contributed by atoms with E-state index in [0.29, 0.717) is 36.9 Å². The highest BCUT2D eigenvalue weighted by Crippen LogP contribution is 2.50. The molecule has 0 radical (unpaired) electrons. The topological polar surface area (TPSA) is 120 Å². The molecular weight excluding hydrogens is 622 g/mol. The van der Waals surface area contributed by atoms with Gasteiger partial charge in [-0.05, 0) is 69.9 Å². The number of carbonyl (C=O) groups excluding carboxylic acids is 3. The number of amides is 2. The Morgan fingerprint density at radius 3 is 2.48 bits per heavy atom. The summed E-state index contributed by atoms with van der Waals surface area (Å²) in [4.78, 5) is 51.9. The van der Waals surface area contributed by atoms with Crippen molar-refractivity contribution < 1.29 is 37.4 Å². The first kappa shape index (κ1) is 34.3. The predicted molar refractivity (Wildman–Crippen MR) is 174 cm³/mol. The van der Waals surface area contributed by atoms with Crippen molar-refractivity contribution in [1.29, 1.82) is 0 Å². The third kappa shape index (κ3) is 6.55. The van der Waals surface area contributed by atoms with Gasteiger partial charge in [0.1, 0.15) is 23.5 Å². The van der Waals surface area contributed by atoms with E-state index in [-0.39, 0.29) is 42.0 Å². The SMILES string of the molecule is CC[C@@H]1[C@@H]2CN(C(=O)[C@H](C3(C)CCCCC3)NC(=O)O[C@]3(C)C[C@H]3CCCCC(F)(F)c3nc4ccc(OC)cc4nc3O2)[C@@H]1C(C)=O. The normalized spacial score (nSPS) is 32.1. The molecule has 2 aromatic rings. The van der Waals surface area contributed by atoms with Gasteiger partial charge < -0.3 is 24.4 Å². The summed E-state index contributed by atoms with van der Waals surface area (Å²) in [7, 11) is 1.51. The van der Waals surface area contributed by atoms with Crippen molar-refractivity contribution in [3.05, 3.63) is 23.9 Å². The molecule has 3 heterocycles. The number of hydrogen-bond donors (Lipinski definition) is 1. The van der Waals surface area contributed by atoms with Crippen LogP contribution in [-0.2, 0) is 20.2 Å². The lowest BCUT2D eigenvalue weighted by Gasteiger charge is -2.42. The first-order valence-electron chi connectivity index (χ1n) is 17.5. The number of benzene rings is 1. The Labute approximate surface area is 280 Å². The summed E-state index contributed by atoms with van der Waals surface area (Å²) in [5, 5.41) is 2.96. The lowest BCUT2D eigenvalue weighted by molar-refractivity contribution is -0.142. The third-order valence-corrected chi connectivity index (χ3v) is 11.4. The maximum absolute atomic E-state index is 16.1.